The average Bonchev–Trinajstić information content (AvgIpc) is 2.55. The first-order valence-corrected chi connectivity index (χ1v) is 8.83. The lowest BCUT2D eigenvalue weighted by Crippen LogP contribution is -2.45. The highest BCUT2D eigenvalue weighted by atomic mass is 16.6. The number of likely N-dealkylation sites (tertiary alicyclic amines) is 1. The first-order valence-electron chi connectivity index (χ1n) is 8.83. The highest BCUT2D eigenvalue weighted by molar-refractivity contribution is 5.67. The van der Waals surface area contributed by atoms with Crippen LogP contribution < -0.4 is 0 Å². The van der Waals surface area contributed by atoms with E-state index < -0.39 is 5.60 Å². The number of rotatable bonds is 6. The van der Waals surface area contributed by atoms with Gasteiger partial charge in [-0.15, -0.1) is 0 Å². The third kappa shape index (κ3) is 4.95. The average molecular weight is 334 g/mol. The summed E-state index contributed by atoms with van der Waals surface area (Å²) in [5.74, 6) is 0. The van der Waals surface area contributed by atoms with Gasteiger partial charge in [0.25, 0.3) is 0 Å². The van der Waals surface area contributed by atoms with Gasteiger partial charge in [0.05, 0.1) is 12.2 Å². The van der Waals surface area contributed by atoms with Crippen LogP contribution in [0.25, 0.3) is 0 Å². The van der Waals surface area contributed by atoms with Crippen molar-refractivity contribution in [3.63, 3.8) is 0 Å². The van der Waals surface area contributed by atoms with Crippen molar-refractivity contribution in [1.82, 2.24) is 9.80 Å². The van der Waals surface area contributed by atoms with Gasteiger partial charge in [-0.1, -0.05) is 37.6 Å². The number of carbonyl (C=O) groups is 1. The van der Waals surface area contributed by atoms with Crippen LogP contribution >= 0.6 is 0 Å². The molecule has 24 heavy (non-hydrogen) atoms. The van der Waals surface area contributed by atoms with E-state index in [1.807, 2.05) is 26.2 Å². The van der Waals surface area contributed by atoms with E-state index in [0.29, 0.717) is 32.5 Å². The van der Waals surface area contributed by atoms with Gasteiger partial charge in [-0.2, -0.15) is 0 Å². The minimum Gasteiger partial charge on any atom is -0.449 e. The van der Waals surface area contributed by atoms with Gasteiger partial charge in [0.15, 0.2) is 0 Å². The molecule has 0 bridgehead atoms. The zero-order chi connectivity index (χ0) is 17.6. The van der Waals surface area contributed by atoms with Crippen molar-refractivity contribution < 1.29 is 14.6 Å². The third-order valence-corrected chi connectivity index (χ3v) is 4.56. The molecule has 1 aromatic rings. The molecule has 1 N–H and O–H groups in total. The normalized spacial score (nSPS) is 17.1. The van der Waals surface area contributed by atoms with Crippen LogP contribution in [0.4, 0.5) is 4.79 Å². The van der Waals surface area contributed by atoms with Crippen molar-refractivity contribution in [1.29, 1.82) is 0 Å². The molecule has 1 saturated heterocycles. The van der Waals surface area contributed by atoms with Crippen LogP contribution in [0.2, 0.25) is 0 Å². The monoisotopic (exact) mass is 334 g/mol. The summed E-state index contributed by atoms with van der Waals surface area (Å²) in [4.78, 5) is 15.8. The molecule has 1 fully saturated rings. The zero-order valence-corrected chi connectivity index (χ0v) is 15.1. The molecule has 1 aromatic carbocycles. The molecule has 5 nitrogen and oxygen atoms in total. The minimum absolute atomic E-state index is 0.258. The molecule has 0 aliphatic carbocycles. The molecule has 1 amide bonds. The highest BCUT2D eigenvalue weighted by Gasteiger charge is 2.35. The SMILES string of the molecule is CCCCOC(=O)N1CCC(O)(c2ccc(CN(C)C)cc2)CC1. The van der Waals surface area contributed by atoms with E-state index in [-0.39, 0.29) is 6.09 Å². The molecular formula is C19H30N2O3. The van der Waals surface area contributed by atoms with E-state index in [1.165, 1.54) is 5.56 Å². The summed E-state index contributed by atoms with van der Waals surface area (Å²) in [5.41, 5.74) is 1.31. The summed E-state index contributed by atoms with van der Waals surface area (Å²) in [6.07, 6.45) is 2.73. The van der Waals surface area contributed by atoms with Gasteiger partial charge in [-0.25, -0.2) is 4.79 Å². The van der Waals surface area contributed by atoms with Crippen LogP contribution in [0.5, 0.6) is 0 Å². The number of ether oxygens (including phenoxy) is 1. The molecule has 2 rings (SSSR count). The topological polar surface area (TPSA) is 53.0 Å². The summed E-state index contributed by atoms with van der Waals surface area (Å²) >= 11 is 0. The van der Waals surface area contributed by atoms with Gasteiger partial charge in [0, 0.05) is 19.6 Å². The van der Waals surface area contributed by atoms with Crippen molar-refractivity contribution in [3.8, 4) is 0 Å². The predicted molar refractivity (Wildman–Crippen MR) is 94.8 cm³/mol. The molecule has 0 atom stereocenters. The lowest BCUT2D eigenvalue weighted by Gasteiger charge is -2.38. The highest BCUT2D eigenvalue weighted by Crippen LogP contribution is 2.33. The number of piperidine rings is 1. The van der Waals surface area contributed by atoms with Crippen molar-refractivity contribution in [3.05, 3.63) is 35.4 Å². The number of benzene rings is 1. The van der Waals surface area contributed by atoms with E-state index in [2.05, 4.69) is 24.0 Å². The number of hydrogen-bond acceptors (Lipinski definition) is 4. The first-order chi connectivity index (χ1) is 11.4. The molecule has 1 heterocycles. The molecule has 0 radical (unpaired) electrons. The Morgan fingerprint density at radius 1 is 1.25 bits per heavy atom. The quantitative estimate of drug-likeness (QED) is 0.813. The van der Waals surface area contributed by atoms with Crippen molar-refractivity contribution in [2.45, 2.75) is 44.8 Å². The Labute approximate surface area is 145 Å². The van der Waals surface area contributed by atoms with Crippen LogP contribution in [0, 0.1) is 0 Å². The summed E-state index contributed by atoms with van der Waals surface area (Å²) in [6, 6.07) is 8.15. The van der Waals surface area contributed by atoms with Crippen molar-refractivity contribution in [2.75, 3.05) is 33.8 Å². The van der Waals surface area contributed by atoms with Gasteiger partial charge in [-0.05, 0) is 44.5 Å². The number of hydrogen-bond donors (Lipinski definition) is 1. The van der Waals surface area contributed by atoms with Crippen molar-refractivity contribution >= 4 is 6.09 Å². The van der Waals surface area contributed by atoms with Gasteiger partial charge in [0.2, 0.25) is 0 Å². The largest absolute Gasteiger partial charge is 0.449 e. The van der Waals surface area contributed by atoms with E-state index in [9.17, 15) is 9.90 Å². The van der Waals surface area contributed by atoms with Crippen LogP contribution in [0.15, 0.2) is 24.3 Å². The maximum Gasteiger partial charge on any atom is 0.409 e. The Kier molecular flexibility index (Phi) is 6.63. The van der Waals surface area contributed by atoms with Crippen LogP contribution in [0.3, 0.4) is 0 Å². The number of unbranched alkanes of at least 4 members (excludes halogenated alkanes) is 1. The Morgan fingerprint density at radius 3 is 2.42 bits per heavy atom. The minimum atomic E-state index is -0.850. The molecule has 0 unspecified atom stereocenters. The Bertz CT molecular complexity index is 520. The number of nitrogens with zero attached hydrogens (tertiary/aromatic N) is 2. The summed E-state index contributed by atoms with van der Waals surface area (Å²) in [6.45, 7) is 4.49. The molecule has 0 aromatic heterocycles. The Hall–Kier alpha value is -1.59. The van der Waals surface area contributed by atoms with Crippen LogP contribution in [-0.2, 0) is 16.9 Å². The molecule has 5 heteroatoms. The lowest BCUT2D eigenvalue weighted by molar-refractivity contribution is -0.0248. The van der Waals surface area contributed by atoms with Crippen molar-refractivity contribution in [2.24, 2.45) is 0 Å². The number of carbonyl (C=O) groups excluding carboxylic acids is 1. The van der Waals surface area contributed by atoms with Gasteiger partial charge >= 0.3 is 6.09 Å². The van der Waals surface area contributed by atoms with Crippen LogP contribution in [0.1, 0.15) is 43.7 Å². The number of amides is 1. The van der Waals surface area contributed by atoms with E-state index in [0.717, 1.165) is 24.9 Å². The maximum absolute atomic E-state index is 12.0. The summed E-state index contributed by atoms with van der Waals surface area (Å²) in [7, 11) is 4.08. The van der Waals surface area contributed by atoms with E-state index in [4.69, 9.17) is 4.74 Å². The van der Waals surface area contributed by atoms with Gasteiger partial charge in [-0.3, -0.25) is 0 Å². The molecule has 134 valence electrons. The summed E-state index contributed by atoms with van der Waals surface area (Å²) in [5, 5.41) is 10.9. The second-order valence-electron chi connectivity index (χ2n) is 6.92. The Balaban J connectivity index is 1.90. The maximum atomic E-state index is 12.0. The zero-order valence-electron chi connectivity index (χ0n) is 15.1. The second kappa shape index (κ2) is 8.49. The lowest BCUT2D eigenvalue weighted by atomic mass is 9.84. The first kappa shape index (κ1) is 18.7. The fourth-order valence-corrected chi connectivity index (χ4v) is 3.03. The van der Waals surface area contributed by atoms with E-state index >= 15 is 0 Å². The fraction of sp³-hybridized carbons (Fsp3) is 0.632. The summed E-state index contributed by atoms with van der Waals surface area (Å²) < 4.78 is 5.25. The molecule has 0 spiro atoms. The molecule has 0 saturated carbocycles. The van der Waals surface area contributed by atoms with E-state index in [1.54, 1.807) is 4.90 Å². The van der Waals surface area contributed by atoms with Gasteiger partial charge < -0.3 is 19.6 Å². The molecule has 1 aliphatic rings. The second-order valence-corrected chi connectivity index (χ2v) is 6.92. The smallest absolute Gasteiger partial charge is 0.409 e. The number of aliphatic hydroxyl groups is 1. The van der Waals surface area contributed by atoms with Gasteiger partial charge in [0.1, 0.15) is 0 Å². The van der Waals surface area contributed by atoms with Crippen LogP contribution in [-0.4, -0.2) is 54.8 Å². The fourth-order valence-electron chi connectivity index (χ4n) is 3.03. The predicted octanol–water partition coefficient (Wildman–Crippen LogP) is 2.97. The Morgan fingerprint density at radius 2 is 1.88 bits per heavy atom. The third-order valence-electron chi connectivity index (χ3n) is 4.56. The molecular weight excluding hydrogens is 304 g/mol. The molecule has 1 aliphatic heterocycles. The standard InChI is InChI=1S/C19H30N2O3/c1-4-5-14-24-18(22)21-12-10-19(23,11-13-21)17-8-6-16(7-9-17)15-20(2)3/h6-9,23H,4-5,10-15H2,1-3H3.